The third-order valence-electron chi connectivity index (χ3n) is 6.48. The van der Waals surface area contributed by atoms with Gasteiger partial charge in [-0.25, -0.2) is 4.99 Å². The Morgan fingerprint density at radius 2 is 1.85 bits per heavy atom. The number of halogens is 3. The number of rotatable bonds is 11. The van der Waals surface area contributed by atoms with Gasteiger partial charge in [-0.3, -0.25) is 4.79 Å². The number of nitrogens with two attached hydrogens (primary N) is 2. The number of hydrogen-bond acceptors (Lipinski definition) is 6. The van der Waals surface area contributed by atoms with Gasteiger partial charge in [0.1, 0.15) is 17.2 Å². The molecule has 0 spiro atoms. The summed E-state index contributed by atoms with van der Waals surface area (Å²) >= 11 is 0. The second-order valence-electron chi connectivity index (χ2n) is 9.57. The maximum atomic E-state index is 13.2. The molecular weight excluding hydrogens is 519 g/mol. The van der Waals surface area contributed by atoms with Gasteiger partial charge in [-0.05, 0) is 72.8 Å². The molecule has 10 heteroatoms. The number of para-hydroxylation sites is 1. The highest BCUT2D eigenvalue weighted by atomic mass is 19.4. The van der Waals surface area contributed by atoms with Crippen LogP contribution in [0.1, 0.15) is 35.6 Å². The molecule has 1 unspecified atom stereocenters. The van der Waals surface area contributed by atoms with E-state index in [1.807, 2.05) is 30.3 Å². The summed E-state index contributed by atoms with van der Waals surface area (Å²) in [5.74, 6) is 0.483. The van der Waals surface area contributed by atoms with E-state index in [0.717, 1.165) is 17.7 Å². The van der Waals surface area contributed by atoms with Gasteiger partial charge in [0.25, 0.3) is 5.91 Å². The van der Waals surface area contributed by atoms with Crippen LogP contribution in [0.2, 0.25) is 0 Å². The number of hydrogen-bond donors (Lipinski definition) is 4. The van der Waals surface area contributed by atoms with Crippen molar-refractivity contribution in [3.8, 4) is 5.75 Å². The number of nitrogens with zero attached hydrogens (tertiary/aromatic N) is 1. The summed E-state index contributed by atoms with van der Waals surface area (Å²) in [4.78, 5) is 17.4. The molecule has 4 rings (SSSR count). The van der Waals surface area contributed by atoms with Gasteiger partial charge in [-0.1, -0.05) is 42.5 Å². The molecule has 0 radical (unpaired) electrons. The summed E-state index contributed by atoms with van der Waals surface area (Å²) in [6, 6.07) is 21.1. The first-order chi connectivity index (χ1) is 19.2. The van der Waals surface area contributed by atoms with Crippen LogP contribution in [0.15, 0.2) is 89.6 Å². The van der Waals surface area contributed by atoms with E-state index in [9.17, 15) is 18.0 Å². The number of anilines is 1. The van der Waals surface area contributed by atoms with Gasteiger partial charge >= 0.3 is 6.18 Å². The van der Waals surface area contributed by atoms with Crippen LogP contribution in [0.4, 0.5) is 24.5 Å². The zero-order valence-corrected chi connectivity index (χ0v) is 22.0. The summed E-state index contributed by atoms with van der Waals surface area (Å²) in [5, 5.41) is 6.28. The van der Waals surface area contributed by atoms with Crippen LogP contribution in [0.5, 0.6) is 5.75 Å². The molecule has 1 fully saturated rings. The van der Waals surface area contributed by atoms with Crippen molar-refractivity contribution in [2.24, 2.45) is 22.4 Å². The van der Waals surface area contributed by atoms with Gasteiger partial charge in [0.05, 0.1) is 18.8 Å². The zero-order chi connectivity index (χ0) is 28.7. The molecule has 1 aliphatic rings. The van der Waals surface area contributed by atoms with Gasteiger partial charge in [0.15, 0.2) is 0 Å². The van der Waals surface area contributed by atoms with E-state index in [1.165, 1.54) is 12.8 Å². The van der Waals surface area contributed by atoms with Crippen LogP contribution in [-0.4, -0.2) is 31.4 Å². The van der Waals surface area contributed by atoms with Gasteiger partial charge in [0.2, 0.25) is 0 Å². The number of carbonyl (C=O) groups is 1. The molecule has 1 atom stereocenters. The Hall–Kier alpha value is -4.15. The quantitative estimate of drug-likeness (QED) is 0.240. The van der Waals surface area contributed by atoms with Crippen LogP contribution in [-0.2, 0) is 11.3 Å². The predicted molar refractivity (Wildman–Crippen MR) is 150 cm³/mol. The average molecular weight is 552 g/mol. The van der Waals surface area contributed by atoms with Crippen LogP contribution >= 0.6 is 0 Å². The topological polar surface area (TPSA) is 115 Å². The fraction of sp³-hybridized carbons (Fsp3) is 0.267. The SMILES string of the molecule is COc1ccccc1C(NCC1CC1)c1cccc(NC(=O)C(C=C(N)C(F)(F)F)=Nc2cccc(CN)c2)c1. The monoisotopic (exact) mass is 551 g/mol. The number of ether oxygens (including phenoxy) is 1. The molecule has 3 aromatic rings. The van der Waals surface area contributed by atoms with Crippen molar-refractivity contribution < 1.29 is 22.7 Å². The van der Waals surface area contributed by atoms with Crippen LogP contribution in [0.3, 0.4) is 0 Å². The van der Waals surface area contributed by atoms with E-state index in [2.05, 4.69) is 15.6 Å². The van der Waals surface area contributed by atoms with Crippen molar-refractivity contribution in [1.82, 2.24) is 5.32 Å². The van der Waals surface area contributed by atoms with Gasteiger partial charge < -0.3 is 26.8 Å². The highest BCUT2D eigenvalue weighted by Crippen LogP contribution is 2.34. The molecule has 6 N–H and O–H groups in total. The Bertz CT molecular complexity index is 1400. The van der Waals surface area contributed by atoms with Crippen LogP contribution < -0.4 is 26.8 Å². The second kappa shape index (κ2) is 12.8. The summed E-state index contributed by atoms with van der Waals surface area (Å²) in [7, 11) is 1.61. The average Bonchev–Trinajstić information content (AvgIpc) is 3.77. The number of carbonyl (C=O) groups excluding carboxylic acids is 1. The summed E-state index contributed by atoms with van der Waals surface area (Å²) < 4.78 is 45.3. The van der Waals surface area contributed by atoms with E-state index >= 15 is 0 Å². The van der Waals surface area contributed by atoms with Crippen molar-refractivity contribution >= 4 is 23.0 Å². The standard InChI is InChI=1S/C30H32F3N5O2/c1-40-26-11-3-2-10-24(26)28(36-18-19-12-13-19)21-7-5-9-23(15-21)38-29(39)25(16-27(35)30(31,32)33)37-22-8-4-6-20(14-22)17-34/h2-11,14-16,19,28,36H,12-13,17-18,34-35H2,1H3,(H,38,39). The first kappa shape index (κ1) is 28.8. The first-order valence-corrected chi connectivity index (χ1v) is 12.9. The van der Waals surface area contributed by atoms with Crippen molar-refractivity contribution in [3.63, 3.8) is 0 Å². The fourth-order valence-corrected chi connectivity index (χ4v) is 4.18. The predicted octanol–water partition coefficient (Wildman–Crippen LogP) is 5.36. The lowest BCUT2D eigenvalue weighted by molar-refractivity contribution is -0.110. The number of nitrogens with one attached hydrogen (secondary N) is 2. The number of amides is 1. The lowest BCUT2D eigenvalue weighted by atomic mass is 9.97. The molecule has 0 bridgehead atoms. The van der Waals surface area contributed by atoms with E-state index in [0.29, 0.717) is 29.0 Å². The van der Waals surface area contributed by atoms with E-state index in [4.69, 9.17) is 16.2 Å². The molecule has 1 amide bonds. The summed E-state index contributed by atoms with van der Waals surface area (Å²) in [6.45, 7) is 1.03. The van der Waals surface area contributed by atoms with E-state index < -0.39 is 23.5 Å². The second-order valence-corrected chi connectivity index (χ2v) is 9.57. The van der Waals surface area contributed by atoms with Crippen LogP contribution in [0.25, 0.3) is 0 Å². The molecule has 40 heavy (non-hydrogen) atoms. The summed E-state index contributed by atoms with van der Waals surface area (Å²) in [5.41, 5.74) is 12.1. The number of allylic oxidation sites excluding steroid dienone is 1. The zero-order valence-electron chi connectivity index (χ0n) is 22.0. The Balaban J connectivity index is 1.65. The van der Waals surface area contributed by atoms with E-state index in [-0.39, 0.29) is 18.3 Å². The highest BCUT2D eigenvalue weighted by Gasteiger charge is 2.32. The minimum atomic E-state index is -4.82. The van der Waals surface area contributed by atoms with Crippen molar-refractivity contribution in [1.29, 1.82) is 0 Å². The Morgan fingerprint density at radius 3 is 2.55 bits per heavy atom. The Labute approximate surface area is 231 Å². The number of benzene rings is 3. The summed E-state index contributed by atoms with van der Waals surface area (Å²) in [6.07, 6.45) is -1.95. The minimum absolute atomic E-state index is 0.209. The number of aliphatic imine (C=N–C) groups is 1. The van der Waals surface area contributed by atoms with Gasteiger partial charge in [-0.15, -0.1) is 0 Å². The molecule has 0 saturated heterocycles. The first-order valence-electron chi connectivity index (χ1n) is 12.9. The highest BCUT2D eigenvalue weighted by molar-refractivity contribution is 6.47. The molecule has 0 heterocycles. The van der Waals surface area contributed by atoms with Crippen molar-refractivity contribution in [2.45, 2.75) is 31.6 Å². The molecule has 1 saturated carbocycles. The minimum Gasteiger partial charge on any atom is -0.496 e. The maximum Gasteiger partial charge on any atom is 0.430 e. The van der Waals surface area contributed by atoms with Crippen molar-refractivity contribution in [2.75, 3.05) is 19.0 Å². The molecule has 3 aromatic carbocycles. The number of alkyl halides is 3. The Morgan fingerprint density at radius 1 is 1.10 bits per heavy atom. The van der Waals surface area contributed by atoms with E-state index in [1.54, 1.807) is 49.6 Å². The Kier molecular flexibility index (Phi) is 9.23. The molecule has 210 valence electrons. The molecule has 0 aromatic heterocycles. The lowest BCUT2D eigenvalue weighted by Crippen LogP contribution is -2.27. The fourth-order valence-electron chi connectivity index (χ4n) is 4.18. The van der Waals surface area contributed by atoms with Gasteiger partial charge in [0, 0.05) is 17.8 Å². The third-order valence-corrected chi connectivity index (χ3v) is 6.48. The largest absolute Gasteiger partial charge is 0.496 e. The molecule has 1 aliphatic carbocycles. The lowest BCUT2D eigenvalue weighted by Gasteiger charge is -2.22. The molecule has 0 aliphatic heterocycles. The van der Waals surface area contributed by atoms with Crippen molar-refractivity contribution in [3.05, 3.63) is 101 Å². The third kappa shape index (κ3) is 7.71. The maximum absolute atomic E-state index is 13.2. The molecule has 7 nitrogen and oxygen atoms in total. The van der Waals surface area contributed by atoms with Gasteiger partial charge in [-0.2, -0.15) is 13.2 Å². The van der Waals surface area contributed by atoms with Crippen LogP contribution in [0, 0.1) is 5.92 Å². The molecular formula is C30H32F3N5O2. The number of methoxy groups -OCH3 is 1. The smallest absolute Gasteiger partial charge is 0.430 e. The normalized spacial score (nSPS) is 15.0.